The Hall–Kier alpha value is -1.53. The van der Waals surface area contributed by atoms with E-state index in [4.69, 9.17) is 0 Å². The smallest absolute Gasteiger partial charge is 0.252 e. The van der Waals surface area contributed by atoms with Crippen LogP contribution in [0, 0.1) is 0 Å². The number of thioether (sulfide) groups is 1. The Kier molecular flexibility index (Phi) is 4.99. The standard InChI is InChI=1S/C19H25N3O2S/c23-18-16-4-2-1-3-14(16)13-17(20-18)19(24)22-9-7-21(8-10-22)15-5-11-25-12-6-15/h1-4,15,17H,5-13H2,(H,20,23)/t17-/m0/s1. The average Bonchev–Trinajstić information content (AvgIpc) is 2.68. The number of amides is 2. The van der Waals surface area contributed by atoms with E-state index in [1.54, 1.807) is 0 Å². The van der Waals surface area contributed by atoms with Crippen LogP contribution in [0.3, 0.4) is 0 Å². The van der Waals surface area contributed by atoms with Gasteiger partial charge in [-0.15, -0.1) is 0 Å². The SMILES string of the molecule is O=C1N[C@H](C(=O)N2CCN(C3CCSCC3)CC2)Cc2ccccc21. The van der Waals surface area contributed by atoms with Gasteiger partial charge < -0.3 is 10.2 Å². The zero-order valence-corrected chi connectivity index (χ0v) is 15.3. The number of piperazine rings is 1. The number of fused-ring (bicyclic) bond motifs is 1. The van der Waals surface area contributed by atoms with Crippen LogP contribution in [-0.2, 0) is 11.2 Å². The van der Waals surface area contributed by atoms with E-state index in [0.29, 0.717) is 18.0 Å². The van der Waals surface area contributed by atoms with Crippen LogP contribution in [0.4, 0.5) is 0 Å². The summed E-state index contributed by atoms with van der Waals surface area (Å²) in [5.41, 5.74) is 1.68. The molecule has 0 spiro atoms. The number of hydrogen-bond donors (Lipinski definition) is 1. The van der Waals surface area contributed by atoms with Crippen molar-refractivity contribution in [2.24, 2.45) is 0 Å². The molecular formula is C19H25N3O2S. The molecule has 0 saturated carbocycles. The number of hydrogen-bond acceptors (Lipinski definition) is 4. The topological polar surface area (TPSA) is 52.7 Å². The highest BCUT2D eigenvalue weighted by molar-refractivity contribution is 7.99. The van der Waals surface area contributed by atoms with Gasteiger partial charge in [0.2, 0.25) is 5.91 Å². The second-order valence-electron chi connectivity index (χ2n) is 7.09. The Morgan fingerprint density at radius 3 is 2.56 bits per heavy atom. The molecule has 0 aliphatic carbocycles. The summed E-state index contributed by atoms with van der Waals surface area (Å²) in [6.45, 7) is 3.46. The third-order valence-electron chi connectivity index (χ3n) is 5.62. The van der Waals surface area contributed by atoms with Gasteiger partial charge in [-0.25, -0.2) is 0 Å². The van der Waals surface area contributed by atoms with E-state index in [9.17, 15) is 9.59 Å². The second-order valence-corrected chi connectivity index (χ2v) is 8.32. The Morgan fingerprint density at radius 1 is 1.08 bits per heavy atom. The van der Waals surface area contributed by atoms with Gasteiger partial charge in [0.25, 0.3) is 5.91 Å². The lowest BCUT2D eigenvalue weighted by Crippen LogP contribution is -2.58. The summed E-state index contributed by atoms with van der Waals surface area (Å²) in [6, 6.07) is 7.85. The lowest BCUT2D eigenvalue weighted by Gasteiger charge is -2.41. The van der Waals surface area contributed by atoms with Crippen molar-refractivity contribution in [3.63, 3.8) is 0 Å². The maximum Gasteiger partial charge on any atom is 0.252 e. The molecule has 3 heterocycles. The van der Waals surface area contributed by atoms with Crippen molar-refractivity contribution < 1.29 is 9.59 Å². The Morgan fingerprint density at radius 2 is 1.80 bits per heavy atom. The van der Waals surface area contributed by atoms with E-state index < -0.39 is 6.04 Å². The maximum absolute atomic E-state index is 12.9. The van der Waals surface area contributed by atoms with E-state index in [0.717, 1.165) is 31.7 Å². The Bertz CT molecular complexity index is 652. The lowest BCUT2D eigenvalue weighted by atomic mass is 9.94. The summed E-state index contributed by atoms with van der Waals surface area (Å²) in [5, 5.41) is 2.90. The summed E-state index contributed by atoms with van der Waals surface area (Å²) in [4.78, 5) is 29.6. The van der Waals surface area contributed by atoms with E-state index >= 15 is 0 Å². The molecule has 2 amide bonds. The van der Waals surface area contributed by atoms with Crippen LogP contribution in [0.5, 0.6) is 0 Å². The number of carbonyl (C=O) groups is 2. The molecule has 0 unspecified atom stereocenters. The van der Waals surface area contributed by atoms with Crippen molar-refractivity contribution in [2.45, 2.75) is 31.3 Å². The van der Waals surface area contributed by atoms with Gasteiger partial charge in [0, 0.05) is 44.2 Å². The van der Waals surface area contributed by atoms with Crippen molar-refractivity contribution in [1.82, 2.24) is 15.1 Å². The molecule has 1 atom stereocenters. The van der Waals surface area contributed by atoms with Gasteiger partial charge in [-0.1, -0.05) is 18.2 Å². The van der Waals surface area contributed by atoms with Crippen LogP contribution in [0.2, 0.25) is 0 Å². The van der Waals surface area contributed by atoms with E-state index in [2.05, 4.69) is 22.0 Å². The van der Waals surface area contributed by atoms with E-state index in [1.165, 1.54) is 24.3 Å². The molecular weight excluding hydrogens is 334 g/mol. The third-order valence-corrected chi connectivity index (χ3v) is 6.67. The molecule has 3 aliphatic rings. The zero-order valence-electron chi connectivity index (χ0n) is 14.4. The number of nitrogens with one attached hydrogen (secondary N) is 1. The van der Waals surface area contributed by atoms with Crippen LogP contribution >= 0.6 is 11.8 Å². The molecule has 0 bridgehead atoms. The summed E-state index contributed by atoms with van der Waals surface area (Å²) < 4.78 is 0. The van der Waals surface area contributed by atoms with Crippen molar-refractivity contribution in [3.05, 3.63) is 35.4 Å². The molecule has 1 aromatic carbocycles. The first-order valence-corrected chi connectivity index (χ1v) is 10.4. The normalized spacial score (nSPS) is 25.4. The molecule has 2 saturated heterocycles. The number of nitrogens with zero attached hydrogens (tertiary/aromatic N) is 2. The van der Waals surface area contributed by atoms with Gasteiger partial charge in [0.15, 0.2) is 0 Å². The van der Waals surface area contributed by atoms with E-state index in [1.807, 2.05) is 29.2 Å². The van der Waals surface area contributed by atoms with Crippen LogP contribution in [0.25, 0.3) is 0 Å². The fraction of sp³-hybridized carbons (Fsp3) is 0.579. The Labute approximate surface area is 153 Å². The molecule has 6 heteroatoms. The first kappa shape index (κ1) is 16.9. The fourth-order valence-corrected chi connectivity index (χ4v) is 5.24. The average molecular weight is 359 g/mol. The minimum Gasteiger partial charge on any atom is -0.340 e. The summed E-state index contributed by atoms with van der Waals surface area (Å²) >= 11 is 2.05. The van der Waals surface area contributed by atoms with Gasteiger partial charge in [0.1, 0.15) is 6.04 Å². The molecule has 0 aromatic heterocycles. The summed E-state index contributed by atoms with van der Waals surface area (Å²) in [7, 11) is 0. The largest absolute Gasteiger partial charge is 0.340 e. The quantitative estimate of drug-likeness (QED) is 0.867. The fourth-order valence-electron chi connectivity index (χ4n) is 4.15. The molecule has 134 valence electrons. The molecule has 1 N–H and O–H groups in total. The molecule has 5 nitrogen and oxygen atoms in total. The summed E-state index contributed by atoms with van der Waals surface area (Å²) in [6.07, 6.45) is 3.14. The lowest BCUT2D eigenvalue weighted by molar-refractivity contribution is -0.135. The van der Waals surface area contributed by atoms with Crippen molar-refractivity contribution in [3.8, 4) is 0 Å². The molecule has 4 rings (SSSR count). The zero-order chi connectivity index (χ0) is 17.2. The highest BCUT2D eigenvalue weighted by atomic mass is 32.2. The van der Waals surface area contributed by atoms with Crippen LogP contribution in [0.15, 0.2) is 24.3 Å². The monoisotopic (exact) mass is 359 g/mol. The van der Waals surface area contributed by atoms with Crippen molar-refractivity contribution in [1.29, 1.82) is 0 Å². The van der Waals surface area contributed by atoms with Crippen LogP contribution in [0.1, 0.15) is 28.8 Å². The van der Waals surface area contributed by atoms with Crippen molar-refractivity contribution >= 4 is 23.6 Å². The third kappa shape index (κ3) is 3.55. The van der Waals surface area contributed by atoms with Gasteiger partial charge >= 0.3 is 0 Å². The summed E-state index contributed by atoms with van der Waals surface area (Å²) in [5.74, 6) is 2.47. The molecule has 1 aromatic rings. The minimum absolute atomic E-state index is 0.0710. The van der Waals surface area contributed by atoms with Crippen LogP contribution in [-0.4, -0.2) is 71.4 Å². The molecule has 2 fully saturated rings. The van der Waals surface area contributed by atoms with Gasteiger partial charge in [-0.3, -0.25) is 14.5 Å². The van der Waals surface area contributed by atoms with Crippen molar-refractivity contribution in [2.75, 3.05) is 37.7 Å². The predicted octanol–water partition coefficient (Wildman–Crippen LogP) is 1.38. The first-order chi connectivity index (χ1) is 12.2. The van der Waals surface area contributed by atoms with Gasteiger partial charge in [0.05, 0.1) is 0 Å². The predicted molar refractivity (Wildman–Crippen MR) is 99.9 cm³/mol. The van der Waals surface area contributed by atoms with Crippen LogP contribution < -0.4 is 5.32 Å². The number of carbonyl (C=O) groups excluding carboxylic acids is 2. The maximum atomic E-state index is 12.9. The van der Waals surface area contributed by atoms with E-state index in [-0.39, 0.29) is 11.8 Å². The molecule has 0 radical (unpaired) electrons. The minimum atomic E-state index is -0.417. The van der Waals surface area contributed by atoms with Gasteiger partial charge in [-0.2, -0.15) is 11.8 Å². The Balaban J connectivity index is 1.36. The highest BCUT2D eigenvalue weighted by Crippen LogP contribution is 2.23. The highest BCUT2D eigenvalue weighted by Gasteiger charge is 2.34. The number of benzene rings is 1. The molecule has 3 aliphatic heterocycles. The first-order valence-electron chi connectivity index (χ1n) is 9.22. The molecule has 25 heavy (non-hydrogen) atoms. The van der Waals surface area contributed by atoms with Gasteiger partial charge in [-0.05, 0) is 36.0 Å². The number of rotatable bonds is 2. The second kappa shape index (κ2) is 7.38.